The Bertz CT molecular complexity index is 889. The number of nitrogens with zero attached hydrogens (tertiary/aromatic N) is 1. The third-order valence-corrected chi connectivity index (χ3v) is 5.60. The van der Waals surface area contributed by atoms with Gasteiger partial charge in [-0.15, -0.1) is 0 Å². The van der Waals surface area contributed by atoms with Crippen LogP contribution in [0.5, 0.6) is 0 Å². The van der Waals surface area contributed by atoms with Crippen LogP contribution in [-0.4, -0.2) is 34.6 Å². The van der Waals surface area contributed by atoms with Crippen molar-refractivity contribution in [3.63, 3.8) is 0 Å². The van der Waals surface area contributed by atoms with E-state index in [0.29, 0.717) is 0 Å². The molecule has 1 aliphatic rings. The third kappa shape index (κ3) is 3.72. The number of rotatable bonds is 2. The van der Waals surface area contributed by atoms with Gasteiger partial charge in [0.25, 0.3) is 0 Å². The first-order chi connectivity index (χ1) is 12.7. The van der Waals surface area contributed by atoms with Gasteiger partial charge in [-0.1, -0.05) is 26.0 Å². The van der Waals surface area contributed by atoms with Gasteiger partial charge in [-0.2, -0.15) is 0 Å². The van der Waals surface area contributed by atoms with E-state index < -0.39 is 23.9 Å². The fourth-order valence-corrected chi connectivity index (χ4v) is 3.32. The van der Waals surface area contributed by atoms with Gasteiger partial charge in [0.2, 0.25) is 0 Å². The first kappa shape index (κ1) is 20.9. The van der Waals surface area contributed by atoms with Gasteiger partial charge in [0.15, 0.2) is 0 Å². The van der Waals surface area contributed by atoms with Crippen molar-refractivity contribution in [2.24, 2.45) is 0 Å². The van der Waals surface area contributed by atoms with Gasteiger partial charge in [0.05, 0.1) is 16.7 Å². The van der Waals surface area contributed by atoms with E-state index in [1.807, 2.05) is 66.8 Å². The van der Waals surface area contributed by atoms with Crippen LogP contribution in [0.1, 0.15) is 73.8 Å². The minimum Gasteiger partial charge on any atom is -0.443 e. The maximum absolute atomic E-state index is 12.7. The summed E-state index contributed by atoms with van der Waals surface area (Å²) in [5.41, 5.74) is 1.55. The molecule has 0 bridgehead atoms. The summed E-state index contributed by atoms with van der Waals surface area (Å²) in [7, 11) is -0.431. The van der Waals surface area contributed by atoms with Crippen LogP contribution in [0, 0.1) is 0 Å². The van der Waals surface area contributed by atoms with Gasteiger partial charge < -0.3 is 14.0 Å². The summed E-state index contributed by atoms with van der Waals surface area (Å²) in [5, 5.41) is 1.02. The Hall–Kier alpha value is -1.79. The van der Waals surface area contributed by atoms with Crippen LogP contribution in [0.15, 0.2) is 24.4 Å². The molecule has 2 heterocycles. The molecule has 0 spiro atoms. The number of fused-ring (bicyclic) bond motifs is 1. The van der Waals surface area contributed by atoms with E-state index in [1.165, 1.54) is 0 Å². The Morgan fingerprint density at radius 2 is 1.68 bits per heavy atom. The highest BCUT2D eigenvalue weighted by Crippen LogP contribution is 2.37. The number of carbonyl (C=O) groups excluding carboxylic acids is 1. The van der Waals surface area contributed by atoms with Gasteiger partial charge in [-0.05, 0) is 71.5 Å². The molecule has 1 saturated heterocycles. The molecule has 0 saturated carbocycles. The maximum atomic E-state index is 12.7. The lowest BCUT2D eigenvalue weighted by Crippen LogP contribution is -2.41. The average molecular weight is 385 g/mol. The highest BCUT2D eigenvalue weighted by atomic mass is 16.7. The Morgan fingerprint density at radius 3 is 2.18 bits per heavy atom. The van der Waals surface area contributed by atoms with E-state index in [9.17, 15) is 4.79 Å². The number of hydrogen-bond acceptors (Lipinski definition) is 4. The van der Waals surface area contributed by atoms with Crippen molar-refractivity contribution in [1.82, 2.24) is 4.57 Å². The lowest BCUT2D eigenvalue weighted by atomic mass is 9.78. The number of carbonyl (C=O) groups is 1. The molecule has 0 aliphatic carbocycles. The minimum atomic E-state index is -0.547. The fraction of sp³-hybridized carbons (Fsp3) is 0.591. The molecule has 0 unspecified atom stereocenters. The monoisotopic (exact) mass is 385 g/mol. The van der Waals surface area contributed by atoms with Gasteiger partial charge in [-0.25, -0.2) is 4.79 Å². The Kier molecular flexibility index (Phi) is 4.96. The number of aromatic nitrogens is 1. The van der Waals surface area contributed by atoms with Crippen molar-refractivity contribution in [3.05, 3.63) is 30.0 Å². The molecule has 0 atom stereocenters. The molecular formula is C22H32BNO4. The zero-order valence-electron chi connectivity index (χ0n) is 18.5. The standard InChI is InChI=1S/C22H32BNO4/c1-14(2)17-13-24(19(25)26-20(3,4)5)18-11-10-15(12-16(17)18)23-27-21(6,7)22(8,9)28-23/h10-14H,1-9H3. The predicted molar refractivity (Wildman–Crippen MR) is 113 cm³/mol. The van der Waals surface area contributed by atoms with E-state index >= 15 is 0 Å². The van der Waals surface area contributed by atoms with Crippen LogP contribution in [-0.2, 0) is 14.0 Å². The summed E-state index contributed by atoms with van der Waals surface area (Å²) in [4.78, 5) is 12.7. The summed E-state index contributed by atoms with van der Waals surface area (Å²) in [5.74, 6) is 0.264. The van der Waals surface area contributed by atoms with Crippen LogP contribution in [0.25, 0.3) is 10.9 Å². The summed E-state index contributed by atoms with van der Waals surface area (Å²) < 4.78 is 19.6. The molecule has 1 aliphatic heterocycles. The predicted octanol–water partition coefficient (Wildman–Crippen LogP) is 4.85. The SMILES string of the molecule is CC(C)c1cn(C(=O)OC(C)(C)C)c2ccc(B3OC(C)(C)C(C)(C)O3)cc12. The Balaban J connectivity index is 2.05. The smallest absolute Gasteiger partial charge is 0.443 e. The van der Waals surface area contributed by atoms with Crippen molar-refractivity contribution in [1.29, 1.82) is 0 Å². The summed E-state index contributed by atoms with van der Waals surface area (Å²) in [6.07, 6.45) is 1.52. The topological polar surface area (TPSA) is 49.7 Å². The van der Waals surface area contributed by atoms with Crippen molar-refractivity contribution in [2.75, 3.05) is 0 Å². The molecule has 3 rings (SSSR count). The Labute approximate surface area is 168 Å². The fourth-order valence-electron chi connectivity index (χ4n) is 3.32. The first-order valence-corrected chi connectivity index (χ1v) is 9.96. The summed E-state index contributed by atoms with van der Waals surface area (Å²) in [6.45, 7) is 18.0. The quantitative estimate of drug-likeness (QED) is 0.694. The number of benzene rings is 1. The molecule has 0 radical (unpaired) electrons. The second kappa shape index (κ2) is 6.63. The van der Waals surface area contributed by atoms with Gasteiger partial charge in [-0.3, -0.25) is 4.57 Å². The molecule has 1 fully saturated rings. The highest BCUT2D eigenvalue weighted by molar-refractivity contribution is 6.62. The van der Waals surface area contributed by atoms with E-state index in [-0.39, 0.29) is 12.0 Å². The molecule has 0 N–H and O–H groups in total. The van der Waals surface area contributed by atoms with Crippen molar-refractivity contribution in [2.45, 2.75) is 85.0 Å². The van der Waals surface area contributed by atoms with Crippen molar-refractivity contribution in [3.8, 4) is 0 Å². The normalized spacial score (nSPS) is 18.9. The molecule has 5 nitrogen and oxygen atoms in total. The molecule has 6 heteroatoms. The molecule has 28 heavy (non-hydrogen) atoms. The largest absolute Gasteiger partial charge is 0.494 e. The highest BCUT2D eigenvalue weighted by Gasteiger charge is 2.51. The molecule has 2 aromatic rings. The van der Waals surface area contributed by atoms with Gasteiger partial charge in [0, 0.05) is 11.6 Å². The number of ether oxygens (including phenoxy) is 1. The molecular weight excluding hydrogens is 353 g/mol. The van der Waals surface area contributed by atoms with Gasteiger partial charge >= 0.3 is 13.2 Å². The van der Waals surface area contributed by atoms with Crippen LogP contribution in [0.4, 0.5) is 4.79 Å². The third-order valence-electron chi connectivity index (χ3n) is 5.60. The maximum Gasteiger partial charge on any atom is 0.494 e. The average Bonchev–Trinajstić information content (AvgIpc) is 3.00. The molecule has 152 valence electrons. The molecule has 1 aromatic heterocycles. The first-order valence-electron chi connectivity index (χ1n) is 9.96. The second-order valence-electron chi connectivity index (χ2n) is 9.95. The van der Waals surface area contributed by atoms with E-state index in [2.05, 4.69) is 19.9 Å². The van der Waals surface area contributed by atoms with Crippen LogP contribution in [0.3, 0.4) is 0 Å². The van der Waals surface area contributed by atoms with E-state index in [1.54, 1.807) is 4.57 Å². The lowest BCUT2D eigenvalue weighted by molar-refractivity contribution is 0.00578. The lowest BCUT2D eigenvalue weighted by Gasteiger charge is -2.32. The van der Waals surface area contributed by atoms with Gasteiger partial charge in [0.1, 0.15) is 5.60 Å². The van der Waals surface area contributed by atoms with E-state index in [0.717, 1.165) is 21.9 Å². The van der Waals surface area contributed by atoms with E-state index in [4.69, 9.17) is 14.0 Å². The molecule has 0 amide bonds. The zero-order valence-corrected chi connectivity index (χ0v) is 18.5. The van der Waals surface area contributed by atoms with Crippen LogP contribution < -0.4 is 5.46 Å². The summed E-state index contributed by atoms with van der Waals surface area (Å²) >= 11 is 0. The summed E-state index contributed by atoms with van der Waals surface area (Å²) in [6, 6.07) is 5.99. The van der Waals surface area contributed by atoms with Crippen molar-refractivity contribution < 1.29 is 18.8 Å². The molecule has 1 aromatic carbocycles. The van der Waals surface area contributed by atoms with Crippen LogP contribution >= 0.6 is 0 Å². The number of hydrogen-bond donors (Lipinski definition) is 0. The zero-order chi connectivity index (χ0) is 21.1. The minimum absolute atomic E-state index is 0.264. The Morgan fingerprint density at radius 1 is 1.11 bits per heavy atom. The van der Waals surface area contributed by atoms with Crippen LogP contribution in [0.2, 0.25) is 0 Å². The second-order valence-corrected chi connectivity index (χ2v) is 9.95. The van der Waals surface area contributed by atoms with Crippen molar-refractivity contribution >= 4 is 29.6 Å².